The SMILES string of the molecule is Cl.O=C(C1CC2CCCCC2N1)N(CCC(F)(F)F)CC1CC1. The zero-order valence-electron chi connectivity index (χ0n) is 13.3. The van der Waals surface area contributed by atoms with Crippen molar-refractivity contribution >= 4 is 18.3 Å². The van der Waals surface area contributed by atoms with Gasteiger partial charge in [-0.25, -0.2) is 0 Å². The van der Waals surface area contributed by atoms with Gasteiger partial charge in [-0.1, -0.05) is 12.8 Å². The van der Waals surface area contributed by atoms with Crippen LogP contribution in [0.25, 0.3) is 0 Å². The van der Waals surface area contributed by atoms with E-state index in [-0.39, 0.29) is 30.9 Å². The molecule has 3 unspecified atom stereocenters. The Morgan fingerprint density at radius 2 is 1.83 bits per heavy atom. The molecule has 2 aliphatic carbocycles. The number of carbonyl (C=O) groups is 1. The first-order chi connectivity index (χ1) is 10.4. The summed E-state index contributed by atoms with van der Waals surface area (Å²) >= 11 is 0. The summed E-state index contributed by atoms with van der Waals surface area (Å²) in [6.07, 6.45) is 2.43. The molecule has 134 valence electrons. The Bertz CT molecular complexity index is 401. The van der Waals surface area contributed by atoms with E-state index < -0.39 is 12.6 Å². The van der Waals surface area contributed by atoms with Gasteiger partial charge in [-0.15, -0.1) is 12.4 Å². The fourth-order valence-corrected chi connectivity index (χ4v) is 3.90. The van der Waals surface area contributed by atoms with Gasteiger partial charge in [0.05, 0.1) is 12.5 Å². The number of hydrogen-bond donors (Lipinski definition) is 1. The van der Waals surface area contributed by atoms with Gasteiger partial charge in [0, 0.05) is 19.1 Å². The molecule has 3 aliphatic rings. The van der Waals surface area contributed by atoms with Crippen LogP contribution >= 0.6 is 12.4 Å². The molecule has 3 nitrogen and oxygen atoms in total. The second-order valence-corrected chi connectivity index (χ2v) is 7.20. The monoisotopic (exact) mass is 354 g/mol. The van der Waals surface area contributed by atoms with E-state index in [9.17, 15) is 18.0 Å². The molecule has 0 bridgehead atoms. The van der Waals surface area contributed by atoms with Crippen molar-refractivity contribution in [3.05, 3.63) is 0 Å². The van der Waals surface area contributed by atoms with Crippen molar-refractivity contribution in [1.29, 1.82) is 0 Å². The van der Waals surface area contributed by atoms with Crippen LogP contribution in [-0.2, 0) is 4.79 Å². The molecular weight excluding hydrogens is 329 g/mol. The molecule has 1 aliphatic heterocycles. The Morgan fingerprint density at radius 3 is 2.43 bits per heavy atom. The molecule has 0 spiro atoms. The van der Waals surface area contributed by atoms with Crippen molar-refractivity contribution in [2.75, 3.05) is 13.1 Å². The van der Waals surface area contributed by atoms with E-state index in [0.717, 1.165) is 32.1 Å². The fraction of sp³-hybridized carbons (Fsp3) is 0.938. The summed E-state index contributed by atoms with van der Waals surface area (Å²) in [5.41, 5.74) is 0. The van der Waals surface area contributed by atoms with Gasteiger partial charge in [0.15, 0.2) is 0 Å². The van der Waals surface area contributed by atoms with E-state index >= 15 is 0 Å². The zero-order valence-corrected chi connectivity index (χ0v) is 14.1. The molecule has 3 rings (SSSR count). The minimum Gasteiger partial charge on any atom is -0.341 e. The molecule has 0 aromatic heterocycles. The summed E-state index contributed by atoms with van der Waals surface area (Å²) < 4.78 is 37.5. The minimum absolute atomic E-state index is 0. The topological polar surface area (TPSA) is 32.3 Å². The van der Waals surface area contributed by atoms with Crippen molar-refractivity contribution in [2.24, 2.45) is 11.8 Å². The van der Waals surface area contributed by atoms with Gasteiger partial charge < -0.3 is 10.2 Å². The lowest BCUT2D eigenvalue weighted by atomic mass is 9.85. The molecule has 3 atom stereocenters. The third kappa shape index (κ3) is 5.24. The number of carbonyl (C=O) groups excluding carboxylic acids is 1. The highest BCUT2D eigenvalue weighted by molar-refractivity contribution is 5.85. The van der Waals surface area contributed by atoms with Crippen LogP contribution in [0.1, 0.15) is 51.4 Å². The van der Waals surface area contributed by atoms with Gasteiger partial charge in [0.1, 0.15) is 0 Å². The van der Waals surface area contributed by atoms with Crippen LogP contribution in [0.3, 0.4) is 0 Å². The van der Waals surface area contributed by atoms with Crippen molar-refractivity contribution in [3.63, 3.8) is 0 Å². The zero-order chi connectivity index (χ0) is 15.7. The molecule has 23 heavy (non-hydrogen) atoms. The summed E-state index contributed by atoms with van der Waals surface area (Å²) in [6, 6.07) is 0.133. The van der Waals surface area contributed by atoms with E-state index in [0.29, 0.717) is 24.4 Å². The van der Waals surface area contributed by atoms with E-state index in [2.05, 4.69) is 5.32 Å². The minimum atomic E-state index is -4.20. The molecule has 1 saturated heterocycles. The van der Waals surface area contributed by atoms with Crippen molar-refractivity contribution in [3.8, 4) is 0 Å². The maximum absolute atomic E-state index is 12.7. The van der Waals surface area contributed by atoms with Crippen LogP contribution in [-0.4, -0.2) is 42.2 Å². The molecular formula is C16H26ClF3N2O. The fourth-order valence-electron chi connectivity index (χ4n) is 3.90. The summed E-state index contributed by atoms with van der Waals surface area (Å²) in [7, 11) is 0. The lowest BCUT2D eigenvalue weighted by Gasteiger charge is -2.27. The smallest absolute Gasteiger partial charge is 0.341 e. The molecule has 1 N–H and O–H groups in total. The number of nitrogens with one attached hydrogen (secondary N) is 1. The highest BCUT2D eigenvalue weighted by atomic mass is 35.5. The van der Waals surface area contributed by atoms with E-state index in [4.69, 9.17) is 0 Å². The number of hydrogen-bond acceptors (Lipinski definition) is 2. The summed E-state index contributed by atoms with van der Waals surface area (Å²) in [5, 5.41) is 3.39. The molecule has 3 fully saturated rings. The number of rotatable bonds is 5. The van der Waals surface area contributed by atoms with Gasteiger partial charge >= 0.3 is 6.18 Å². The average molecular weight is 355 g/mol. The van der Waals surface area contributed by atoms with Gasteiger partial charge in [-0.2, -0.15) is 13.2 Å². The van der Waals surface area contributed by atoms with Crippen LogP contribution in [0.5, 0.6) is 0 Å². The molecule has 7 heteroatoms. The largest absolute Gasteiger partial charge is 0.390 e. The maximum Gasteiger partial charge on any atom is 0.390 e. The molecule has 0 aromatic carbocycles. The second-order valence-electron chi connectivity index (χ2n) is 7.20. The molecule has 1 amide bonds. The van der Waals surface area contributed by atoms with E-state index in [1.807, 2.05) is 0 Å². The Kier molecular flexibility index (Phi) is 6.22. The van der Waals surface area contributed by atoms with Gasteiger partial charge in [-0.05, 0) is 43.9 Å². The molecule has 0 aromatic rings. The number of nitrogens with zero attached hydrogens (tertiary/aromatic N) is 1. The predicted molar refractivity (Wildman–Crippen MR) is 84.5 cm³/mol. The number of fused-ring (bicyclic) bond motifs is 1. The molecule has 2 saturated carbocycles. The number of alkyl halides is 3. The van der Waals surface area contributed by atoms with Crippen molar-refractivity contribution in [2.45, 2.75) is 69.6 Å². The van der Waals surface area contributed by atoms with Crippen LogP contribution in [0.2, 0.25) is 0 Å². The quantitative estimate of drug-likeness (QED) is 0.819. The highest BCUT2D eigenvalue weighted by Gasteiger charge is 2.41. The molecule has 1 heterocycles. The average Bonchev–Trinajstić information content (AvgIpc) is 3.17. The van der Waals surface area contributed by atoms with Gasteiger partial charge in [0.25, 0.3) is 0 Å². The van der Waals surface area contributed by atoms with Gasteiger partial charge in [-0.3, -0.25) is 4.79 Å². The first kappa shape index (κ1) is 18.8. The van der Waals surface area contributed by atoms with E-state index in [1.54, 1.807) is 0 Å². The summed E-state index contributed by atoms with van der Waals surface area (Å²) in [6.45, 7) is 0.314. The Morgan fingerprint density at radius 1 is 1.13 bits per heavy atom. The Balaban J connectivity index is 0.00000192. The summed E-state index contributed by atoms with van der Waals surface area (Å²) in [4.78, 5) is 14.1. The molecule has 0 radical (unpaired) electrons. The lowest BCUT2D eigenvalue weighted by molar-refractivity contribution is -0.146. The Hall–Kier alpha value is -0.490. The standard InChI is InChI=1S/C16H25F3N2O.ClH/c17-16(18,19)7-8-21(10-11-5-6-11)15(22)14-9-12-3-1-2-4-13(12)20-14;/h11-14,20H,1-10H2;1H. The maximum atomic E-state index is 12.7. The van der Waals surface area contributed by atoms with Crippen LogP contribution < -0.4 is 5.32 Å². The lowest BCUT2D eigenvalue weighted by Crippen LogP contribution is -2.47. The van der Waals surface area contributed by atoms with Crippen molar-refractivity contribution < 1.29 is 18.0 Å². The van der Waals surface area contributed by atoms with Crippen LogP contribution in [0.15, 0.2) is 0 Å². The van der Waals surface area contributed by atoms with E-state index in [1.165, 1.54) is 17.7 Å². The van der Waals surface area contributed by atoms with Crippen molar-refractivity contribution in [1.82, 2.24) is 10.2 Å². The first-order valence-corrected chi connectivity index (χ1v) is 8.54. The third-order valence-electron chi connectivity index (χ3n) is 5.31. The predicted octanol–water partition coefficient (Wildman–Crippen LogP) is 3.52. The summed E-state index contributed by atoms with van der Waals surface area (Å²) in [5.74, 6) is 0.847. The van der Waals surface area contributed by atoms with Crippen LogP contribution in [0.4, 0.5) is 13.2 Å². The van der Waals surface area contributed by atoms with Gasteiger partial charge in [0.2, 0.25) is 5.91 Å². The normalized spacial score (nSPS) is 30.5. The highest BCUT2D eigenvalue weighted by Crippen LogP contribution is 2.35. The third-order valence-corrected chi connectivity index (χ3v) is 5.31. The number of amides is 1. The first-order valence-electron chi connectivity index (χ1n) is 8.54. The van der Waals surface area contributed by atoms with Crippen LogP contribution in [0, 0.1) is 11.8 Å². The Labute approximate surface area is 141 Å². The number of halogens is 4. The second kappa shape index (κ2) is 7.60.